The minimum Gasteiger partial charge on any atom is -0.490 e. The average Bonchev–Trinajstić information content (AvgIpc) is 2.47. The summed E-state index contributed by atoms with van der Waals surface area (Å²) in [5.41, 5.74) is 2.34. The molecule has 2 heterocycles. The monoisotopic (exact) mass is 275 g/mol. The molecule has 110 valence electrons. The first-order valence-electron chi connectivity index (χ1n) is 7.88. The van der Waals surface area contributed by atoms with Crippen molar-refractivity contribution in [2.45, 2.75) is 57.7 Å². The molecule has 0 spiro atoms. The lowest BCUT2D eigenvalue weighted by atomic mass is 9.89. The van der Waals surface area contributed by atoms with Crippen molar-refractivity contribution in [3.8, 4) is 5.75 Å². The number of ether oxygens (including phenoxy) is 1. The molecule has 0 saturated carbocycles. The lowest BCUT2D eigenvalue weighted by Gasteiger charge is -2.45. The van der Waals surface area contributed by atoms with Crippen molar-refractivity contribution in [3.05, 3.63) is 29.3 Å². The number of likely N-dealkylation sites (tertiary alicyclic amines) is 1. The van der Waals surface area contributed by atoms with E-state index < -0.39 is 6.10 Å². The van der Waals surface area contributed by atoms with Gasteiger partial charge in [0.25, 0.3) is 0 Å². The molecule has 0 radical (unpaired) electrons. The van der Waals surface area contributed by atoms with Crippen molar-refractivity contribution in [2.24, 2.45) is 0 Å². The van der Waals surface area contributed by atoms with Crippen LogP contribution in [0.1, 0.15) is 49.8 Å². The molecule has 0 aromatic heterocycles. The number of aliphatic hydroxyl groups excluding tert-OH is 1. The first kappa shape index (κ1) is 13.9. The van der Waals surface area contributed by atoms with Crippen molar-refractivity contribution < 1.29 is 9.84 Å². The van der Waals surface area contributed by atoms with Crippen LogP contribution in [0.25, 0.3) is 0 Å². The van der Waals surface area contributed by atoms with E-state index in [1.807, 2.05) is 0 Å². The topological polar surface area (TPSA) is 32.7 Å². The first-order chi connectivity index (χ1) is 9.72. The Bertz CT molecular complexity index is 474. The van der Waals surface area contributed by atoms with Crippen LogP contribution in [0.4, 0.5) is 0 Å². The number of aryl methyl sites for hydroxylation is 1. The van der Waals surface area contributed by atoms with Gasteiger partial charge in [0, 0.05) is 11.6 Å². The molecule has 0 amide bonds. The molecule has 0 bridgehead atoms. The molecule has 2 aliphatic rings. The zero-order chi connectivity index (χ0) is 14.1. The molecule has 3 unspecified atom stereocenters. The summed E-state index contributed by atoms with van der Waals surface area (Å²) in [6, 6.07) is 6.98. The summed E-state index contributed by atoms with van der Waals surface area (Å²) in [6.07, 6.45) is 4.54. The summed E-state index contributed by atoms with van der Waals surface area (Å²) in [5, 5.41) is 10.5. The molecule has 1 saturated heterocycles. The van der Waals surface area contributed by atoms with Gasteiger partial charge >= 0.3 is 0 Å². The maximum Gasteiger partial charge on any atom is 0.127 e. The van der Waals surface area contributed by atoms with Gasteiger partial charge in [-0.2, -0.15) is 0 Å². The second-order valence-corrected chi connectivity index (χ2v) is 6.11. The Kier molecular flexibility index (Phi) is 3.99. The van der Waals surface area contributed by atoms with E-state index in [0.717, 1.165) is 18.7 Å². The van der Waals surface area contributed by atoms with Crippen LogP contribution in [-0.4, -0.2) is 35.3 Å². The van der Waals surface area contributed by atoms with Gasteiger partial charge in [-0.3, -0.25) is 4.90 Å². The highest BCUT2D eigenvalue weighted by Crippen LogP contribution is 2.41. The highest BCUT2D eigenvalue weighted by Gasteiger charge is 2.38. The minimum atomic E-state index is -0.420. The van der Waals surface area contributed by atoms with E-state index >= 15 is 0 Å². The van der Waals surface area contributed by atoms with Crippen LogP contribution in [-0.2, 0) is 0 Å². The number of hydrogen-bond acceptors (Lipinski definition) is 3. The molecule has 3 atom stereocenters. The molecular formula is C17H25NO2. The van der Waals surface area contributed by atoms with Crippen molar-refractivity contribution in [1.82, 2.24) is 4.90 Å². The van der Waals surface area contributed by atoms with E-state index in [2.05, 4.69) is 36.9 Å². The van der Waals surface area contributed by atoms with E-state index in [1.54, 1.807) is 0 Å². The molecule has 3 nitrogen and oxygen atoms in total. The fourth-order valence-electron chi connectivity index (χ4n) is 3.80. The third-order valence-electron chi connectivity index (χ3n) is 4.83. The zero-order valence-corrected chi connectivity index (χ0v) is 12.5. The van der Waals surface area contributed by atoms with Crippen LogP contribution >= 0.6 is 0 Å². The van der Waals surface area contributed by atoms with Crippen LogP contribution in [0.5, 0.6) is 5.75 Å². The largest absolute Gasteiger partial charge is 0.490 e. The maximum absolute atomic E-state index is 10.5. The molecule has 1 fully saturated rings. The van der Waals surface area contributed by atoms with E-state index in [0.29, 0.717) is 12.6 Å². The van der Waals surface area contributed by atoms with Gasteiger partial charge in [-0.25, -0.2) is 0 Å². The quantitative estimate of drug-likeness (QED) is 0.900. The van der Waals surface area contributed by atoms with Crippen molar-refractivity contribution in [3.63, 3.8) is 0 Å². The number of hydrogen-bond donors (Lipinski definition) is 1. The van der Waals surface area contributed by atoms with Gasteiger partial charge in [0.2, 0.25) is 0 Å². The summed E-state index contributed by atoms with van der Waals surface area (Å²) in [6.45, 7) is 5.84. The smallest absolute Gasteiger partial charge is 0.127 e. The van der Waals surface area contributed by atoms with Gasteiger partial charge in [0.1, 0.15) is 18.5 Å². The number of nitrogens with zero attached hydrogens (tertiary/aromatic N) is 1. The van der Waals surface area contributed by atoms with Crippen LogP contribution < -0.4 is 4.74 Å². The van der Waals surface area contributed by atoms with E-state index in [9.17, 15) is 5.11 Å². The molecule has 3 rings (SSSR count). The SMILES string of the molecule is CCC1CCCCN1C1c2cccc(C)c2OCC1O. The van der Waals surface area contributed by atoms with Gasteiger partial charge in [0.15, 0.2) is 0 Å². The Morgan fingerprint density at radius 2 is 2.20 bits per heavy atom. The summed E-state index contributed by atoms with van der Waals surface area (Å²) in [4.78, 5) is 2.52. The fourth-order valence-corrected chi connectivity index (χ4v) is 3.80. The number of fused-ring (bicyclic) bond motifs is 1. The standard InChI is InChI=1S/C17H25NO2/c1-3-13-8-4-5-10-18(13)16-14-9-6-7-12(2)17(14)20-11-15(16)19/h6-7,9,13,15-16,19H,3-5,8,10-11H2,1-2H3. The van der Waals surface area contributed by atoms with E-state index in [1.165, 1.54) is 30.4 Å². The third-order valence-corrected chi connectivity index (χ3v) is 4.83. The Labute approximate surface area is 121 Å². The Morgan fingerprint density at radius 3 is 3.00 bits per heavy atom. The van der Waals surface area contributed by atoms with Crippen LogP contribution in [0.2, 0.25) is 0 Å². The molecule has 0 aliphatic carbocycles. The second-order valence-electron chi connectivity index (χ2n) is 6.11. The summed E-state index contributed by atoms with van der Waals surface area (Å²) >= 11 is 0. The Hall–Kier alpha value is -1.06. The predicted molar refractivity (Wildman–Crippen MR) is 80.1 cm³/mol. The second kappa shape index (κ2) is 5.74. The molecular weight excluding hydrogens is 250 g/mol. The Balaban J connectivity index is 1.98. The number of rotatable bonds is 2. The lowest BCUT2D eigenvalue weighted by Crippen LogP contribution is -2.48. The maximum atomic E-state index is 10.5. The third kappa shape index (κ3) is 2.33. The van der Waals surface area contributed by atoms with Crippen molar-refractivity contribution >= 4 is 0 Å². The van der Waals surface area contributed by atoms with E-state index in [-0.39, 0.29) is 6.04 Å². The molecule has 3 heteroatoms. The molecule has 1 aromatic rings. The average molecular weight is 275 g/mol. The van der Waals surface area contributed by atoms with Crippen LogP contribution in [0, 0.1) is 6.92 Å². The molecule has 20 heavy (non-hydrogen) atoms. The van der Waals surface area contributed by atoms with Gasteiger partial charge in [0.05, 0.1) is 6.04 Å². The molecule has 2 aliphatic heterocycles. The van der Waals surface area contributed by atoms with Crippen molar-refractivity contribution in [1.29, 1.82) is 0 Å². The number of para-hydroxylation sites is 1. The summed E-state index contributed by atoms with van der Waals surface area (Å²) < 4.78 is 5.78. The van der Waals surface area contributed by atoms with E-state index in [4.69, 9.17) is 4.74 Å². The lowest BCUT2D eigenvalue weighted by molar-refractivity contribution is -0.0292. The predicted octanol–water partition coefficient (Wildman–Crippen LogP) is 3.05. The fraction of sp³-hybridized carbons (Fsp3) is 0.647. The van der Waals surface area contributed by atoms with Gasteiger partial charge in [-0.1, -0.05) is 31.5 Å². The number of piperidine rings is 1. The highest BCUT2D eigenvalue weighted by atomic mass is 16.5. The first-order valence-corrected chi connectivity index (χ1v) is 7.88. The molecule has 1 N–H and O–H groups in total. The highest BCUT2D eigenvalue weighted by molar-refractivity contribution is 5.44. The normalized spacial score (nSPS) is 30.6. The van der Waals surface area contributed by atoms with Gasteiger partial charge < -0.3 is 9.84 Å². The van der Waals surface area contributed by atoms with Crippen LogP contribution in [0.15, 0.2) is 18.2 Å². The minimum absolute atomic E-state index is 0.101. The van der Waals surface area contributed by atoms with Gasteiger partial charge in [-0.05, 0) is 38.3 Å². The summed E-state index contributed by atoms with van der Waals surface area (Å²) in [5.74, 6) is 0.989. The van der Waals surface area contributed by atoms with Crippen molar-refractivity contribution in [2.75, 3.05) is 13.2 Å². The zero-order valence-electron chi connectivity index (χ0n) is 12.5. The number of benzene rings is 1. The molecule has 1 aromatic carbocycles. The summed E-state index contributed by atoms with van der Waals surface area (Å²) in [7, 11) is 0. The Morgan fingerprint density at radius 1 is 1.35 bits per heavy atom. The van der Waals surface area contributed by atoms with Gasteiger partial charge in [-0.15, -0.1) is 0 Å². The number of aliphatic hydroxyl groups is 1. The van der Waals surface area contributed by atoms with Crippen LogP contribution in [0.3, 0.4) is 0 Å².